The van der Waals surface area contributed by atoms with Gasteiger partial charge in [-0.05, 0) is 67.7 Å². The van der Waals surface area contributed by atoms with Crippen LogP contribution < -0.4 is 32.5 Å². The monoisotopic (exact) mass is 603 g/mol. The van der Waals surface area contributed by atoms with Gasteiger partial charge in [0.15, 0.2) is 5.65 Å². The van der Waals surface area contributed by atoms with Gasteiger partial charge in [-0.3, -0.25) is 28.4 Å². The maximum absolute atomic E-state index is 14.4. The summed E-state index contributed by atoms with van der Waals surface area (Å²) < 4.78 is 15.9. The lowest BCUT2D eigenvalue weighted by atomic mass is 9.53. The number of amides is 2. The number of carboxylic acids is 1. The summed E-state index contributed by atoms with van der Waals surface area (Å²) in [5, 5.41) is 18.1. The third-order valence-electron chi connectivity index (χ3n) is 9.30. The molecule has 228 valence electrons. The van der Waals surface area contributed by atoms with Crippen LogP contribution in [0.15, 0.2) is 46.4 Å². The molecule has 2 amide bonds. The molecule has 3 aliphatic rings. The largest absolute Gasteiger partial charge is 0.481 e. The number of carbonyl (C=O) groups is 3. The highest BCUT2D eigenvalue weighted by molar-refractivity contribution is 5.98. The van der Waals surface area contributed by atoms with Crippen molar-refractivity contribution in [1.29, 1.82) is 0 Å². The minimum absolute atomic E-state index is 0.0116. The summed E-state index contributed by atoms with van der Waals surface area (Å²) in [6.45, 7) is 0.322. The molecular formula is C30H30FN7O6. The number of carboxylic acid groups (broad SMARTS) is 1. The van der Waals surface area contributed by atoms with E-state index in [1.54, 1.807) is 0 Å². The molecule has 0 unspecified atom stereocenters. The fourth-order valence-corrected chi connectivity index (χ4v) is 6.32. The van der Waals surface area contributed by atoms with Crippen LogP contribution in [-0.2, 0) is 17.9 Å². The number of nitrogens with one attached hydrogen (secondary N) is 3. The van der Waals surface area contributed by atoms with E-state index in [0.29, 0.717) is 37.0 Å². The lowest BCUT2D eigenvalue weighted by Crippen LogP contribution is -2.50. The van der Waals surface area contributed by atoms with Gasteiger partial charge >= 0.3 is 5.97 Å². The van der Waals surface area contributed by atoms with Gasteiger partial charge in [0.1, 0.15) is 34.9 Å². The van der Waals surface area contributed by atoms with Crippen LogP contribution in [0.1, 0.15) is 70.6 Å². The maximum Gasteiger partial charge on any atom is 0.309 e. The number of carbonyl (C=O) groups excluding carboxylic acids is 2. The number of nitrogens with zero attached hydrogens (tertiary/aromatic N) is 3. The molecule has 4 aromatic rings. The first-order valence-electron chi connectivity index (χ1n) is 14.2. The van der Waals surface area contributed by atoms with Crippen molar-refractivity contribution in [3.8, 4) is 0 Å². The molecule has 0 atom stereocenters. The van der Waals surface area contributed by atoms with E-state index in [2.05, 4.69) is 25.9 Å². The second-order valence-electron chi connectivity index (χ2n) is 11.8. The number of nitrogens with two attached hydrogens (primary N) is 1. The summed E-state index contributed by atoms with van der Waals surface area (Å²) in [6, 6.07) is 5.60. The number of hydrogen-bond acceptors (Lipinski definition) is 9. The zero-order chi connectivity index (χ0) is 31.2. The SMILES string of the molecule is Nc1c(NCc2cc(CNC(=O)c3cc(C(=O)NCC45CCC(C(=O)O)(CC4)CC5)n4cncc4n3)ccc2F)c(=O)c1=O. The number of benzene rings is 1. The van der Waals surface area contributed by atoms with Gasteiger partial charge < -0.3 is 26.8 Å². The fourth-order valence-electron chi connectivity index (χ4n) is 6.32. The van der Waals surface area contributed by atoms with Crippen molar-refractivity contribution in [3.63, 3.8) is 0 Å². The van der Waals surface area contributed by atoms with Gasteiger partial charge in [-0.1, -0.05) is 6.07 Å². The smallest absolute Gasteiger partial charge is 0.309 e. The van der Waals surface area contributed by atoms with E-state index in [4.69, 9.17) is 5.73 Å². The number of aromatic nitrogens is 3. The molecule has 3 aliphatic carbocycles. The summed E-state index contributed by atoms with van der Waals surface area (Å²) in [5.74, 6) is -2.25. The van der Waals surface area contributed by atoms with Crippen LogP contribution in [0.25, 0.3) is 5.65 Å². The maximum atomic E-state index is 14.4. The highest BCUT2D eigenvalue weighted by Crippen LogP contribution is 2.56. The Hall–Kier alpha value is -5.14. The highest BCUT2D eigenvalue weighted by atomic mass is 19.1. The minimum atomic E-state index is -0.779. The lowest BCUT2D eigenvalue weighted by Gasteiger charge is -2.51. The number of fused-ring (bicyclic) bond motifs is 4. The molecule has 0 spiro atoms. The molecule has 2 aromatic heterocycles. The van der Waals surface area contributed by atoms with Gasteiger partial charge in [-0.15, -0.1) is 0 Å². The topological polar surface area (TPSA) is 198 Å². The van der Waals surface area contributed by atoms with Crippen molar-refractivity contribution in [3.05, 3.63) is 85.6 Å². The summed E-state index contributed by atoms with van der Waals surface area (Å²) in [7, 11) is 0. The number of aliphatic carboxylic acids is 1. The lowest BCUT2D eigenvalue weighted by molar-refractivity contribution is -0.158. The van der Waals surface area contributed by atoms with E-state index in [1.807, 2.05) is 0 Å². The summed E-state index contributed by atoms with van der Waals surface area (Å²) in [6.07, 6.45) is 6.86. The number of nitrogen functional groups attached to an aromatic ring is 1. The van der Waals surface area contributed by atoms with E-state index in [0.717, 1.165) is 19.3 Å². The first-order chi connectivity index (χ1) is 21.0. The van der Waals surface area contributed by atoms with Crippen molar-refractivity contribution in [2.75, 3.05) is 17.6 Å². The molecule has 0 aliphatic heterocycles. The zero-order valence-electron chi connectivity index (χ0n) is 23.6. The first-order valence-corrected chi connectivity index (χ1v) is 14.2. The van der Waals surface area contributed by atoms with Gasteiger partial charge in [0.2, 0.25) is 0 Å². The van der Waals surface area contributed by atoms with Crippen LogP contribution in [-0.4, -0.2) is 43.8 Å². The average molecular weight is 604 g/mol. The molecule has 3 fully saturated rings. The average Bonchev–Trinajstić information content (AvgIpc) is 3.52. The van der Waals surface area contributed by atoms with E-state index in [-0.39, 0.29) is 46.8 Å². The molecule has 2 aromatic carbocycles. The van der Waals surface area contributed by atoms with Crippen molar-refractivity contribution in [1.82, 2.24) is 25.0 Å². The Morgan fingerprint density at radius 3 is 2.39 bits per heavy atom. The first kappa shape index (κ1) is 29.0. The van der Waals surface area contributed by atoms with E-state index < -0.39 is 39.9 Å². The molecule has 6 N–H and O–H groups in total. The van der Waals surface area contributed by atoms with Gasteiger partial charge in [-0.2, -0.15) is 0 Å². The van der Waals surface area contributed by atoms with E-state index in [1.165, 1.54) is 41.2 Å². The fraction of sp³-hybridized carbons (Fsp3) is 0.367. The molecule has 0 saturated heterocycles. The van der Waals surface area contributed by atoms with Crippen molar-refractivity contribution < 1.29 is 23.9 Å². The predicted octanol–water partition coefficient (Wildman–Crippen LogP) is 1.74. The summed E-state index contributed by atoms with van der Waals surface area (Å²) in [4.78, 5) is 69.5. The normalized spacial score (nSPS) is 20.9. The second-order valence-corrected chi connectivity index (χ2v) is 11.8. The Kier molecular flexibility index (Phi) is 7.14. The molecule has 2 heterocycles. The standard InChI is InChI=1S/C30H30FN7O6/c31-18-2-1-16(9-17(18)12-34-23-22(32)24(39)25(23)40)11-35-26(41)19-10-20(38-15-33-13-21(38)37-19)27(42)36-14-29-3-6-30(7-4-29,8-5-29)28(43)44/h1-2,9-10,13,15,34H,3-8,11-12,14,32H2,(H,35,41)(H,36,42)(H,43,44). The third kappa shape index (κ3) is 5.05. The Balaban J connectivity index is 1.11. The molecule has 0 radical (unpaired) electrons. The van der Waals surface area contributed by atoms with Crippen LogP contribution in [0.2, 0.25) is 0 Å². The van der Waals surface area contributed by atoms with E-state index >= 15 is 0 Å². The Bertz CT molecular complexity index is 1870. The quantitative estimate of drug-likeness (QED) is 0.166. The van der Waals surface area contributed by atoms with Gasteiger partial charge in [0.25, 0.3) is 22.7 Å². The Morgan fingerprint density at radius 2 is 1.70 bits per heavy atom. The molecule has 44 heavy (non-hydrogen) atoms. The molecule has 13 nitrogen and oxygen atoms in total. The number of anilines is 2. The summed E-state index contributed by atoms with van der Waals surface area (Å²) >= 11 is 0. The van der Waals surface area contributed by atoms with Crippen molar-refractivity contribution >= 4 is 34.8 Å². The number of hydrogen-bond donors (Lipinski definition) is 5. The van der Waals surface area contributed by atoms with Crippen molar-refractivity contribution in [2.24, 2.45) is 10.8 Å². The van der Waals surface area contributed by atoms with Crippen LogP contribution >= 0.6 is 0 Å². The summed E-state index contributed by atoms with van der Waals surface area (Å²) in [5.41, 5.74) is 4.18. The highest BCUT2D eigenvalue weighted by Gasteiger charge is 2.52. The molecule has 3 saturated carbocycles. The van der Waals surface area contributed by atoms with Gasteiger partial charge in [0, 0.05) is 25.2 Å². The number of imidazole rings is 1. The second kappa shape index (κ2) is 10.8. The van der Waals surface area contributed by atoms with Crippen LogP contribution in [0.5, 0.6) is 0 Å². The van der Waals surface area contributed by atoms with Crippen molar-refractivity contribution in [2.45, 2.75) is 51.6 Å². The Morgan fingerprint density at radius 1 is 0.977 bits per heavy atom. The molecule has 7 rings (SSSR count). The van der Waals surface area contributed by atoms with E-state index in [9.17, 15) is 33.5 Å². The molecule has 2 bridgehead atoms. The predicted molar refractivity (Wildman–Crippen MR) is 156 cm³/mol. The zero-order valence-corrected chi connectivity index (χ0v) is 23.6. The minimum Gasteiger partial charge on any atom is -0.481 e. The Labute approximate surface area is 249 Å². The van der Waals surface area contributed by atoms with Crippen LogP contribution in [0.3, 0.4) is 0 Å². The third-order valence-corrected chi connectivity index (χ3v) is 9.30. The molecular weight excluding hydrogens is 573 g/mol. The molecule has 14 heteroatoms. The van der Waals surface area contributed by atoms with Gasteiger partial charge in [-0.25, -0.2) is 14.4 Å². The van der Waals surface area contributed by atoms with Crippen LogP contribution in [0, 0.1) is 16.6 Å². The van der Waals surface area contributed by atoms with Crippen LogP contribution in [0.4, 0.5) is 15.8 Å². The van der Waals surface area contributed by atoms with Gasteiger partial charge in [0.05, 0.1) is 11.6 Å². The number of rotatable bonds is 10. The number of halogens is 1.